The van der Waals surface area contributed by atoms with Crippen LogP contribution in [0.2, 0.25) is 0 Å². The molecule has 0 spiro atoms. The SMILES string of the molecule is COC(C1CCCCC1)C(N)C1CCCC1. The molecule has 2 aliphatic rings. The molecule has 2 nitrogen and oxygen atoms in total. The van der Waals surface area contributed by atoms with Gasteiger partial charge in [-0.1, -0.05) is 32.1 Å². The lowest BCUT2D eigenvalue weighted by molar-refractivity contribution is 0.00401. The third kappa shape index (κ3) is 2.78. The first-order valence-corrected chi connectivity index (χ1v) is 7.11. The summed E-state index contributed by atoms with van der Waals surface area (Å²) >= 11 is 0. The van der Waals surface area contributed by atoms with Crippen LogP contribution in [-0.2, 0) is 4.74 Å². The van der Waals surface area contributed by atoms with Crippen LogP contribution >= 0.6 is 0 Å². The fourth-order valence-electron chi connectivity index (χ4n) is 3.74. The number of ether oxygens (including phenoxy) is 1. The Balaban J connectivity index is 1.91. The van der Waals surface area contributed by atoms with E-state index in [1.807, 2.05) is 7.11 Å². The minimum Gasteiger partial charge on any atom is -0.380 e. The van der Waals surface area contributed by atoms with Gasteiger partial charge in [0.15, 0.2) is 0 Å². The number of hydrogen-bond donors (Lipinski definition) is 1. The standard InChI is InChI=1S/C14H27NO/c1-16-14(12-9-3-2-4-10-12)13(15)11-7-5-6-8-11/h11-14H,2-10,15H2,1H3. The molecule has 0 saturated heterocycles. The lowest BCUT2D eigenvalue weighted by Gasteiger charge is -2.35. The van der Waals surface area contributed by atoms with Crippen molar-refractivity contribution in [3.05, 3.63) is 0 Å². The van der Waals surface area contributed by atoms with E-state index in [1.165, 1.54) is 57.8 Å². The minimum absolute atomic E-state index is 0.288. The van der Waals surface area contributed by atoms with E-state index in [0.29, 0.717) is 6.10 Å². The first-order valence-electron chi connectivity index (χ1n) is 7.11. The molecule has 2 aliphatic carbocycles. The number of methoxy groups -OCH3 is 1. The Hall–Kier alpha value is -0.0800. The van der Waals surface area contributed by atoms with E-state index in [9.17, 15) is 0 Å². The van der Waals surface area contributed by atoms with Gasteiger partial charge in [0.2, 0.25) is 0 Å². The highest BCUT2D eigenvalue weighted by Gasteiger charge is 2.34. The van der Waals surface area contributed by atoms with Crippen LogP contribution in [0.5, 0.6) is 0 Å². The Morgan fingerprint density at radius 3 is 1.94 bits per heavy atom. The average molecular weight is 225 g/mol. The van der Waals surface area contributed by atoms with Crippen molar-refractivity contribution in [1.29, 1.82) is 0 Å². The predicted octanol–water partition coefficient (Wildman–Crippen LogP) is 3.10. The van der Waals surface area contributed by atoms with Gasteiger partial charge < -0.3 is 10.5 Å². The van der Waals surface area contributed by atoms with Crippen molar-refractivity contribution in [2.45, 2.75) is 69.9 Å². The molecule has 2 saturated carbocycles. The van der Waals surface area contributed by atoms with Gasteiger partial charge >= 0.3 is 0 Å². The molecule has 0 heterocycles. The maximum absolute atomic E-state index is 6.44. The monoisotopic (exact) mass is 225 g/mol. The first-order chi connectivity index (χ1) is 7.83. The van der Waals surface area contributed by atoms with Gasteiger partial charge in [0.1, 0.15) is 0 Å². The van der Waals surface area contributed by atoms with Crippen molar-refractivity contribution in [2.75, 3.05) is 7.11 Å². The summed E-state index contributed by atoms with van der Waals surface area (Å²) in [4.78, 5) is 0. The van der Waals surface area contributed by atoms with E-state index in [4.69, 9.17) is 10.5 Å². The van der Waals surface area contributed by atoms with Crippen molar-refractivity contribution in [3.63, 3.8) is 0 Å². The molecular weight excluding hydrogens is 198 g/mol. The summed E-state index contributed by atoms with van der Waals surface area (Å²) in [5, 5.41) is 0. The number of hydrogen-bond acceptors (Lipinski definition) is 2. The molecule has 2 atom stereocenters. The minimum atomic E-state index is 0.288. The van der Waals surface area contributed by atoms with Crippen LogP contribution in [0.1, 0.15) is 57.8 Å². The van der Waals surface area contributed by atoms with Crippen molar-refractivity contribution < 1.29 is 4.74 Å². The third-order valence-corrected chi connectivity index (χ3v) is 4.71. The summed E-state index contributed by atoms with van der Waals surface area (Å²) in [7, 11) is 1.86. The first kappa shape index (κ1) is 12.4. The van der Waals surface area contributed by atoms with Crippen molar-refractivity contribution >= 4 is 0 Å². The maximum atomic E-state index is 6.44. The zero-order valence-electron chi connectivity index (χ0n) is 10.7. The molecule has 0 amide bonds. The van der Waals surface area contributed by atoms with Gasteiger partial charge in [-0.15, -0.1) is 0 Å². The molecule has 2 N–H and O–H groups in total. The van der Waals surface area contributed by atoms with Crippen LogP contribution in [0.4, 0.5) is 0 Å². The molecular formula is C14H27NO. The van der Waals surface area contributed by atoms with Crippen molar-refractivity contribution in [2.24, 2.45) is 17.6 Å². The van der Waals surface area contributed by atoms with E-state index in [1.54, 1.807) is 0 Å². The Kier molecular flexibility index (Phi) is 4.66. The highest BCUT2D eigenvalue weighted by Crippen LogP contribution is 2.34. The summed E-state index contributed by atoms with van der Waals surface area (Å²) in [6.45, 7) is 0. The quantitative estimate of drug-likeness (QED) is 0.798. The molecule has 2 heteroatoms. The summed E-state index contributed by atoms with van der Waals surface area (Å²) in [5.74, 6) is 1.46. The zero-order chi connectivity index (χ0) is 11.4. The topological polar surface area (TPSA) is 35.2 Å². The predicted molar refractivity (Wildman–Crippen MR) is 67.3 cm³/mol. The van der Waals surface area contributed by atoms with E-state index < -0.39 is 0 Å². The molecule has 2 rings (SSSR count). The largest absolute Gasteiger partial charge is 0.380 e. The molecule has 0 aromatic rings. The number of nitrogens with two attached hydrogens (primary N) is 1. The Morgan fingerprint density at radius 1 is 0.875 bits per heavy atom. The summed E-state index contributed by atoms with van der Waals surface area (Å²) in [6.07, 6.45) is 12.6. The molecule has 2 fully saturated rings. The lowest BCUT2D eigenvalue weighted by Crippen LogP contribution is -2.46. The van der Waals surface area contributed by atoms with Gasteiger partial charge in [-0.05, 0) is 37.5 Å². The fourth-order valence-corrected chi connectivity index (χ4v) is 3.74. The number of rotatable bonds is 4. The highest BCUT2D eigenvalue weighted by atomic mass is 16.5. The Bertz CT molecular complexity index is 195. The molecule has 0 radical (unpaired) electrons. The molecule has 2 unspecified atom stereocenters. The van der Waals surface area contributed by atoms with E-state index in [0.717, 1.165) is 11.8 Å². The Labute approximate surface area is 99.9 Å². The molecule has 0 aliphatic heterocycles. The van der Waals surface area contributed by atoms with Crippen LogP contribution in [-0.4, -0.2) is 19.3 Å². The van der Waals surface area contributed by atoms with E-state index in [-0.39, 0.29) is 6.04 Å². The second-order valence-electron chi connectivity index (χ2n) is 5.72. The van der Waals surface area contributed by atoms with Crippen LogP contribution in [0.3, 0.4) is 0 Å². The second-order valence-corrected chi connectivity index (χ2v) is 5.72. The van der Waals surface area contributed by atoms with Crippen LogP contribution in [0.15, 0.2) is 0 Å². The molecule has 94 valence electrons. The average Bonchev–Trinajstić information content (AvgIpc) is 2.85. The molecule has 0 bridgehead atoms. The molecule has 0 aromatic heterocycles. The molecule has 0 aromatic carbocycles. The van der Waals surface area contributed by atoms with E-state index in [2.05, 4.69) is 0 Å². The van der Waals surface area contributed by atoms with E-state index >= 15 is 0 Å². The summed E-state index contributed by atoms with van der Waals surface area (Å²) in [5.41, 5.74) is 6.44. The van der Waals surface area contributed by atoms with Gasteiger partial charge in [0, 0.05) is 13.2 Å². The fraction of sp³-hybridized carbons (Fsp3) is 1.00. The molecule has 16 heavy (non-hydrogen) atoms. The van der Waals surface area contributed by atoms with Crippen LogP contribution in [0, 0.1) is 11.8 Å². The van der Waals surface area contributed by atoms with Gasteiger partial charge in [-0.3, -0.25) is 0 Å². The van der Waals surface area contributed by atoms with Crippen LogP contribution in [0.25, 0.3) is 0 Å². The lowest BCUT2D eigenvalue weighted by atomic mass is 9.79. The van der Waals surface area contributed by atoms with Crippen molar-refractivity contribution in [1.82, 2.24) is 0 Å². The Morgan fingerprint density at radius 2 is 1.38 bits per heavy atom. The highest BCUT2D eigenvalue weighted by molar-refractivity contribution is 4.88. The normalized spacial score (nSPS) is 28.1. The zero-order valence-corrected chi connectivity index (χ0v) is 10.7. The van der Waals surface area contributed by atoms with Crippen LogP contribution < -0.4 is 5.73 Å². The summed E-state index contributed by atoms with van der Waals surface area (Å²) < 4.78 is 5.74. The van der Waals surface area contributed by atoms with Gasteiger partial charge in [-0.25, -0.2) is 0 Å². The van der Waals surface area contributed by atoms with Crippen molar-refractivity contribution in [3.8, 4) is 0 Å². The van der Waals surface area contributed by atoms with Gasteiger partial charge in [0.25, 0.3) is 0 Å². The maximum Gasteiger partial charge on any atom is 0.0752 e. The smallest absolute Gasteiger partial charge is 0.0752 e. The van der Waals surface area contributed by atoms with Gasteiger partial charge in [0.05, 0.1) is 6.10 Å². The summed E-state index contributed by atoms with van der Waals surface area (Å²) in [6, 6.07) is 0.288. The van der Waals surface area contributed by atoms with Gasteiger partial charge in [-0.2, -0.15) is 0 Å². The second kappa shape index (κ2) is 6.02. The third-order valence-electron chi connectivity index (χ3n) is 4.71.